The van der Waals surface area contributed by atoms with E-state index in [0.29, 0.717) is 29.1 Å². The summed E-state index contributed by atoms with van der Waals surface area (Å²) in [7, 11) is 0. The number of aliphatic imine (C=N–C) groups is 1. The van der Waals surface area contributed by atoms with Gasteiger partial charge in [-0.3, -0.25) is 9.79 Å². The van der Waals surface area contributed by atoms with Crippen LogP contribution in [-0.4, -0.2) is 31.2 Å². The van der Waals surface area contributed by atoms with Crippen molar-refractivity contribution in [3.63, 3.8) is 0 Å². The highest BCUT2D eigenvalue weighted by Crippen LogP contribution is 2.43. The van der Waals surface area contributed by atoms with E-state index in [2.05, 4.69) is 25.3 Å². The van der Waals surface area contributed by atoms with E-state index < -0.39 is 23.2 Å². The van der Waals surface area contributed by atoms with Gasteiger partial charge in [0.05, 0.1) is 22.7 Å². The highest BCUT2D eigenvalue weighted by molar-refractivity contribution is 5.97. The van der Waals surface area contributed by atoms with Crippen molar-refractivity contribution in [3.05, 3.63) is 81.8 Å². The summed E-state index contributed by atoms with van der Waals surface area (Å²) in [6.45, 7) is 2.51. The Balaban J connectivity index is 1.85. The normalized spacial score (nSPS) is 18.0. The average molecular weight is 406 g/mol. The third-order valence-electron chi connectivity index (χ3n) is 5.37. The maximum absolute atomic E-state index is 14.2. The Kier molecular flexibility index (Phi) is 4.23. The quantitative estimate of drug-likeness (QED) is 0.564. The highest BCUT2D eigenvalue weighted by Gasteiger charge is 2.35. The summed E-state index contributed by atoms with van der Waals surface area (Å²) in [5.41, 5.74) is 1.11. The lowest BCUT2D eigenvalue weighted by Gasteiger charge is -2.23. The van der Waals surface area contributed by atoms with Gasteiger partial charge in [-0.2, -0.15) is 10.2 Å². The van der Waals surface area contributed by atoms with Gasteiger partial charge in [0.15, 0.2) is 0 Å². The van der Waals surface area contributed by atoms with Crippen LogP contribution in [0.1, 0.15) is 35.8 Å². The minimum atomic E-state index is -0.564. The van der Waals surface area contributed by atoms with Gasteiger partial charge in [-0.05, 0) is 30.7 Å². The van der Waals surface area contributed by atoms with Crippen LogP contribution in [-0.2, 0) is 6.54 Å². The van der Waals surface area contributed by atoms with Crippen LogP contribution in [0.2, 0.25) is 0 Å². The lowest BCUT2D eigenvalue weighted by Crippen LogP contribution is -2.22. The zero-order valence-corrected chi connectivity index (χ0v) is 15.9. The fourth-order valence-electron chi connectivity index (χ4n) is 4.02. The van der Waals surface area contributed by atoms with Crippen LogP contribution in [0.3, 0.4) is 0 Å². The number of aromatic amines is 1. The van der Waals surface area contributed by atoms with Crippen molar-refractivity contribution in [2.24, 2.45) is 4.99 Å². The second-order valence-electron chi connectivity index (χ2n) is 7.05. The number of H-pyrrole nitrogens is 1. The van der Waals surface area contributed by atoms with Crippen LogP contribution in [0.4, 0.5) is 14.5 Å². The molecule has 3 heterocycles. The van der Waals surface area contributed by atoms with E-state index >= 15 is 0 Å². The van der Waals surface area contributed by atoms with Crippen molar-refractivity contribution in [3.8, 4) is 0 Å². The Hall–Kier alpha value is -3.75. The number of aryl methyl sites for hydroxylation is 1. The molecule has 2 unspecified atom stereocenters. The molecule has 2 aromatic heterocycles. The van der Waals surface area contributed by atoms with Crippen molar-refractivity contribution in [1.29, 1.82) is 0 Å². The van der Waals surface area contributed by atoms with Gasteiger partial charge >= 0.3 is 0 Å². The van der Waals surface area contributed by atoms with Crippen LogP contribution in [0.15, 0.2) is 52.5 Å². The van der Waals surface area contributed by atoms with Gasteiger partial charge in [0.2, 0.25) is 0 Å². The molecule has 0 bridgehead atoms. The first kappa shape index (κ1) is 18.3. The first-order chi connectivity index (χ1) is 14.6. The molecule has 1 aliphatic rings. The molecule has 0 spiro atoms. The van der Waals surface area contributed by atoms with Crippen LogP contribution in [0.25, 0.3) is 10.8 Å². The largest absolute Gasteiger partial charge is 0.272 e. The molecule has 150 valence electrons. The minimum Gasteiger partial charge on any atom is -0.267 e. The number of aromatic nitrogens is 5. The number of halogens is 2. The molecule has 7 nitrogen and oxygen atoms in total. The van der Waals surface area contributed by atoms with Crippen LogP contribution < -0.4 is 5.56 Å². The van der Waals surface area contributed by atoms with E-state index in [1.165, 1.54) is 30.6 Å². The first-order valence-corrected chi connectivity index (χ1v) is 9.46. The maximum atomic E-state index is 14.2. The third kappa shape index (κ3) is 2.81. The molecule has 0 saturated heterocycles. The standard InChI is InChI=1S/C21H16F2N6O/c1-2-29-20(25-10-26-29)18-15(11-3-5-12(22)6-4-11)9-24-16-8-13(23)7-14-17(16)19(18)27-28-21(14)30/h3-10,15,18H,2H2,1H3,(H,28,30). The van der Waals surface area contributed by atoms with Gasteiger partial charge in [-0.15, -0.1) is 0 Å². The van der Waals surface area contributed by atoms with Crippen molar-refractivity contribution in [1.82, 2.24) is 25.0 Å². The molecule has 0 aliphatic carbocycles. The Labute approximate surface area is 169 Å². The van der Waals surface area contributed by atoms with Gasteiger partial charge in [-0.1, -0.05) is 12.1 Å². The van der Waals surface area contributed by atoms with Crippen molar-refractivity contribution in [2.75, 3.05) is 0 Å². The zero-order valence-electron chi connectivity index (χ0n) is 15.9. The number of benzene rings is 2. The molecule has 0 saturated carbocycles. The number of rotatable bonds is 3. The molecule has 5 rings (SSSR count). The summed E-state index contributed by atoms with van der Waals surface area (Å²) >= 11 is 0. The molecule has 1 aliphatic heterocycles. The van der Waals surface area contributed by atoms with E-state index in [1.54, 1.807) is 23.0 Å². The Morgan fingerprint density at radius 1 is 1.13 bits per heavy atom. The van der Waals surface area contributed by atoms with Crippen LogP contribution in [0.5, 0.6) is 0 Å². The Morgan fingerprint density at radius 2 is 1.93 bits per heavy atom. The van der Waals surface area contributed by atoms with E-state index in [0.717, 1.165) is 5.56 Å². The lowest BCUT2D eigenvalue weighted by molar-refractivity contribution is 0.565. The molecule has 30 heavy (non-hydrogen) atoms. The summed E-state index contributed by atoms with van der Waals surface area (Å²) < 4.78 is 29.5. The predicted octanol–water partition coefficient (Wildman–Crippen LogP) is 3.44. The van der Waals surface area contributed by atoms with Crippen LogP contribution >= 0.6 is 0 Å². The Bertz CT molecular complexity index is 1340. The molecule has 4 aromatic rings. The third-order valence-corrected chi connectivity index (χ3v) is 5.37. The number of nitrogens with zero attached hydrogens (tertiary/aromatic N) is 5. The molecule has 2 aromatic carbocycles. The number of hydrogen-bond acceptors (Lipinski definition) is 5. The SMILES string of the molecule is CCn1ncnc1C1c2n[nH]c(=O)c3cc(F)cc(c23)N=CC1c1ccc(F)cc1. The average Bonchev–Trinajstić information content (AvgIpc) is 3.15. The topological polar surface area (TPSA) is 88.8 Å². The first-order valence-electron chi connectivity index (χ1n) is 9.46. The summed E-state index contributed by atoms with van der Waals surface area (Å²) in [5, 5.41) is 11.7. The second kappa shape index (κ2) is 6.94. The van der Waals surface area contributed by atoms with Gasteiger partial charge in [0, 0.05) is 30.1 Å². The van der Waals surface area contributed by atoms with Gasteiger partial charge < -0.3 is 0 Å². The van der Waals surface area contributed by atoms with Crippen LogP contribution in [0, 0.1) is 11.6 Å². The fraction of sp³-hybridized carbons (Fsp3) is 0.190. The fourth-order valence-corrected chi connectivity index (χ4v) is 4.02. The summed E-state index contributed by atoms with van der Waals surface area (Å²) in [5.74, 6) is -1.17. The molecule has 1 N–H and O–H groups in total. The molecule has 0 fully saturated rings. The predicted molar refractivity (Wildman–Crippen MR) is 107 cm³/mol. The van der Waals surface area contributed by atoms with Gasteiger partial charge in [0.1, 0.15) is 23.8 Å². The molecule has 9 heteroatoms. The molecule has 0 radical (unpaired) electrons. The molecular formula is C21H16F2N6O. The van der Waals surface area contributed by atoms with Gasteiger partial charge in [0.25, 0.3) is 5.56 Å². The van der Waals surface area contributed by atoms with Crippen molar-refractivity contribution >= 4 is 22.7 Å². The smallest absolute Gasteiger partial charge is 0.267 e. The summed E-state index contributed by atoms with van der Waals surface area (Å²) in [4.78, 5) is 21.3. The lowest BCUT2D eigenvalue weighted by atomic mass is 9.83. The van der Waals surface area contributed by atoms with E-state index in [4.69, 9.17) is 0 Å². The summed E-state index contributed by atoms with van der Waals surface area (Å²) in [6.07, 6.45) is 3.13. The number of nitrogens with one attached hydrogen (secondary N) is 1. The number of hydrogen-bond donors (Lipinski definition) is 1. The van der Waals surface area contributed by atoms with Crippen molar-refractivity contribution in [2.45, 2.75) is 25.3 Å². The summed E-state index contributed by atoms with van der Waals surface area (Å²) in [6, 6.07) is 8.54. The van der Waals surface area contributed by atoms with Gasteiger partial charge in [-0.25, -0.2) is 23.5 Å². The maximum Gasteiger partial charge on any atom is 0.272 e. The molecular weight excluding hydrogens is 390 g/mol. The second-order valence-corrected chi connectivity index (χ2v) is 7.05. The minimum absolute atomic E-state index is 0.166. The van der Waals surface area contributed by atoms with Crippen molar-refractivity contribution < 1.29 is 8.78 Å². The molecule has 0 amide bonds. The van der Waals surface area contributed by atoms with E-state index in [-0.39, 0.29) is 11.2 Å². The van der Waals surface area contributed by atoms with E-state index in [9.17, 15) is 13.6 Å². The zero-order chi connectivity index (χ0) is 20.8. The highest BCUT2D eigenvalue weighted by atomic mass is 19.1. The molecule has 2 atom stereocenters. The van der Waals surface area contributed by atoms with E-state index in [1.807, 2.05) is 6.92 Å². The monoisotopic (exact) mass is 406 g/mol. The Morgan fingerprint density at radius 3 is 2.70 bits per heavy atom.